The van der Waals surface area contributed by atoms with E-state index in [9.17, 15) is 0 Å². The topological polar surface area (TPSA) is 40.2 Å². The molecular weight excluding hydrogens is 212 g/mol. The number of nitrogens with zero attached hydrogens (tertiary/aromatic N) is 1. The molecule has 0 fully saturated rings. The van der Waals surface area contributed by atoms with Gasteiger partial charge in [0.1, 0.15) is 11.6 Å². The molecule has 90 valence electrons. The molecule has 2 N–H and O–H groups in total. The molecule has 1 aromatic carbocycles. The number of anilines is 1. The van der Waals surface area contributed by atoms with E-state index in [0.717, 1.165) is 22.7 Å². The number of nitrogens with two attached hydrogens (primary N) is 1. The summed E-state index contributed by atoms with van der Waals surface area (Å²) in [7, 11) is 1.67. The number of rotatable bonds is 3. The lowest BCUT2D eigenvalue weighted by molar-refractivity contribution is 0.415. The minimum atomic E-state index is 0.370. The number of hydrogen-bond acceptors (Lipinski definition) is 2. The van der Waals surface area contributed by atoms with Gasteiger partial charge in [0, 0.05) is 17.8 Å². The molecule has 0 saturated heterocycles. The molecule has 3 heteroatoms. The molecule has 0 unspecified atom stereocenters. The van der Waals surface area contributed by atoms with E-state index >= 15 is 0 Å². The Kier molecular flexibility index (Phi) is 3.09. The standard InChI is InChI=1S/C14H18N2O/c1-10(2)16-9-12(8-14(16)15)11-5-4-6-13(7-11)17-3/h4-10H,15H2,1-3H3. The van der Waals surface area contributed by atoms with Gasteiger partial charge in [-0.05, 0) is 37.6 Å². The van der Waals surface area contributed by atoms with Gasteiger partial charge >= 0.3 is 0 Å². The van der Waals surface area contributed by atoms with Crippen LogP contribution in [0.2, 0.25) is 0 Å². The van der Waals surface area contributed by atoms with Crippen molar-refractivity contribution >= 4 is 5.82 Å². The quantitative estimate of drug-likeness (QED) is 0.878. The molecule has 0 aliphatic carbocycles. The van der Waals surface area contributed by atoms with Crippen LogP contribution >= 0.6 is 0 Å². The third-order valence-corrected chi connectivity index (χ3v) is 2.84. The third-order valence-electron chi connectivity index (χ3n) is 2.84. The SMILES string of the molecule is COc1cccc(-c2cc(N)n(C(C)C)c2)c1. The van der Waals surface area contributed by atoms with Crippen molar-refractivity contribution in [2.75, 3.05) is 12.8 Å². The van der Waals surface area contributed by atoms with Gasteiger partial charge in [0.2, 0.25) is 0 Å². The van der Waals surface area contributed by atoms with Crippen LogP contribution in [0.3, 0.4) is 0 Å². The first-order chi connectivity index (χ1) is 8.11. The highest BCUT2D eigenvalue weighted by Gasteiger charge is 2.07. The van der Waals surface area contributed by atoms with Crippen LogP contribution in [0.4, 0.5) is 5.82 Å². The van der Waals surface area contributed by atoms with Crippen molar-refractivity contribution in [3.05, 3.63) is 36.5 Å². The van der Waals surface area contributed by atoms with E-state index in [1.807, 2.05) is 24.3 Å². The van der Waals surface area contributed by atoms with Crippen LogP contribution in [-0.2, 0) is 0 Å². The van der Waals surface area contributed by atoms with Gasteiger partial charge in [0.25, 0.3) is 0 Å². The van der Waals surface area contributed by atoms with Crippen LogP contribution in [-0.4, -0.2) is 11.7 Å². The predicted octanol–water partition coefficient (Wildman–Crippen LogP) is 3.33. The Morgan fingerprint density at radius 1 is 1.18 bits per heavy atom. The normalized spacial score (nSPS) is 10.8. The Morgan fingerprint density at radius 3 is 2.53 bits per heavy atom. The number of ether oxygens (including phenoxy) is 1. The fourth-order valence-corrected chi connectivity index (χ4v) is 1.90. The highest BCUT2D eigenvalue weighted by molar-refractivity contribution is 5.68. The third kappa shape index (κ3) is 2.28. The lowest BCUT2D eigenvalue weighted by atomic mass is 10.1. The van der Waals surface area contributed by atoms with Crippen LogP contribution in [0.15, 0.2) is 36.5 Å². The molecule has 0 atom stereocenters. The van der Waals surface area contributed by atoms with Gasteiger partial charge < -0.3 is 15.0 Å². The van der Waals surface area contributed by atoms with Crippen LogP contribution < -0.4 is 10.5 Å². The summed E-state index contributed by atoms with van der Waals surface area (Å²) < 4.78 is 7.29. The van der Waals surface area contributed by atoms with E-state index in [2.05, 4.69) is 30.7 Å². The van der Waals surface area contributed by atoms with E-state index < -0.39 is 0 Å². The maximum Gasteiger partial charge on any atom is 0.119 e. The summed E-state index contributed by atoms with van der Waals surface area (Å²) in [5.41, 5.74) is 8.22. The van der Waals surface area contributed by atoms with Gasteiger partial charge in [-0.3, -0.25) is 0 Å². The minimum Gasteiger partial charge on any atom is -0.497 e. The molecule has 0 bridgehead atoms. The second-order valence-electron chi connectivity index (χ2n) is 4.39. The van der Waals surface area contributed by atoms with E-state index in [1.165, 1.54) is 0 Å². The fourth-order valence-electron chi connectivity index (χ4n) is 1.90. The van der Waals surface area contributed by atoms with Crippen LogP contribution in [0, 0.1) is 0 Å². The summed E-state index contributed by atoms with van der Waals surface area (Å²) in [6, 6.07) is 10.4. The van der Waals surface area contributed by atoms with Crippen molar-refractivity contribution < 1.29 is 4.74 Å². The Morgan fingerprint density at radius 2 is 1.94 bits per heavy atom. The van der Waals surface area contributed by atoms with Crippen molar-refractivity contribution in [1.82, 2.24) is 4.57 Å². The number of aromatic nitrogens is 1. The van der Waals surface area contributed by atoms with E-state index in [4.69, 9.17) is 10.5 Å². The summed E-state index contributed by atoms with van der Waals surface area (Å²) >= 11 is 0. The second-order valence-corrected chi connectivity index (χ2v) is 4.39. The Labute approximate surface area is 102 Å². The van der Waals surface area contributed by atoms with Gasteiger partial charge in [0.15, 0.2) is 0 Å². The van der Waals surface area contributed by atoms with Crippen molar-refractivity contribution in [3.8, 4) is 16.9 Å². The largest absolute Gasteiger partial charge is 0.497 e. The molecule has 0 saturated carbocycles. The first-order valence-corrected chi connectivity index (χ1v) is 5.73. The molecule has 3 nitrogen and oxygen atoms in total. The van der Waals surface area contributed by atoms with Gasteiger partial charge in [-0.1, -0.05) is 12.1 Å². The molecule has 17 heavy (non-hydrogen) atoms. The smallest absolute Gasteiger partial charge is 0.119 e. The minimum absolute atomic E-state index is 0.370. The van der Waals surface area contributed by atoms with E-state index in [-0.39, 0.29) is 0 Å². The van der Waals surface area contributed by atoms with Crippen molar-refractivity contribution in [1.29, 1.82) is 0 Å². The molecule has 1 aromatic heterocycles. The van der Waals surface area contributed by atoms with Crippen LogP contribution in [0.1, 0.15) is 19.9 Å². The van der Waals surface area contributed by atoms with Gasteiger partial charge in [-0.15, -0.1) is 0 Å². The van der Waals surface area contributed by atoms with E-state index in [0.29, 0.717) is 6.04 Å². The Bertz CT molecular complexity index is 515. The van der Waals surface area contributed by atoms with Crippen molar-refractivity contribution in [2.24, 2.45) is 0 Å². The average Bonchev–Trinajstić information content (AvgIpc) is 2.71. The summed E-state index contributed by atoms with van der Waals surface area (Å²) in [6.07, 6.45) is 2.08. The van der Waals surface area contributed by atoms with Crippen LogP contribution in [0.5, 0.6) is 5.75 Å². The molecular formula is C14H18N2O. The molecule has 0 spiro atoms. The summed E-state index contributed by atoms with van der Waals surface area (Å²) in [4.78, 5) is 0. The highest BCUT2D eigenvalue weighted by Crippen LogP contribution is 2.28. The highest BCUT2D eigenvalue weighted by atomic mass is 16.5. The number of benzene rings is 1. The Balaban J connectivity index is 2.42. The number of hydrogen-bond donors (Lipinski definition) is 1. The monoisotopic (exact) mass is 230 g/mol. The molecule has 0 aliphatic rings. The number of methoxy groups -OCH3 is 1. The van der Waals surface area contributed by atoms with Crippen LogP contribution in [0.25, 0.3) is 11.1 Å². The molecule has 0 radical (unpaired) electrons. The maximum absolute atomic E-state index is 5.98. The van der Waals surface area contributed by atoms with Crippen molar-refractivity contribution in [3.63, 3.8) is 0 Å². The predicted molar refractivity (Wildman–Crippen MR) is 71.2 cm³/mol. The van der Waals surface area contributed by atoms with Gasteiger partial charge in [-0.25, -0.2) is 0 Å². The van der Waals surface area contributed by atoms with Gasteiger partial charge in [-0.2, -0.15) is 0 Å². The van der Waals surface area contributed by atoms with Gasteiger partial charge in [0.05, 0.1) is 7.11 Å². The van der Waals surface area contributed by atoms with E-state index in [1.54, 1.807) is 7.11 Å². The lowest BCUT2D eigenvalue weighted by Crippen LogP contribution is -2.02. The Hall–Kier alpha value is -1.90. The molecule has 0 aliphatic heterocycles. The fraction of sp³-hybridized carbons (Fsp3) is 0.286. The molecule has 2 rings (SSSR count). The second kappa shape index (κ2) is 4.53. The maximum atomic E-state index is 5.98. The summed E-state index contributed by atoms with van der Waals surface area (Å²) in [5, 5.41) is 0. The zero-order chi connectivity index (χ0) is 12.4. The van der Waals surface area contributed by atoms with Crippen molar-refractivity contribution in [2.45, 2.75) is 19.9 Å². The molecule has 2 aromatic rings. The summed E-state index contributed by atoms with van der Waals surface area (Å²) in [6.45, 7) is 4.23. The first kappa shape index (κ1) is 11.6. The molecule has 1 heterocycles. The lowest BCUT2D eigenvalue weighted by Gasteiger charge is -2.08. The zero-order valence-corrected chi connectivity index (χ0v) is 10.5. The summed E-state index contributed by atoms with van der Waals surface area (Å²) in [5.74, 6) is 1.65. The first-order valence-electron chi connectivity index (χ1n) is 5.73. The molecule has 0 amide bonds. The number of nitrogen functional groups attached to an aromatic ring is 1. The zero-order valence-electron chi connectivity index (χ0n) is 10.5. The average molecular weight is 230 g/mol.